The molecule has 0 heterocycles. The normalized spacial score (nSPS) is 13.9. The van der Waals surface area contributed by atoms with Crippen LogP contribution >= 0.6 is 0 Å². The topological polar surface area (TPSA) is 53.9 Å². The van der Waals surface area contributed by atoms with Gasteiger partial charge in [0.15, 0.2) is 0 Å². The first-order chi connectivity index (χ1) is 5.91. The summed E-state index contributed by atoms with van der Waals surface area (Å²) >= 11 is 0. The third-order valence-electron chi connectivity index (χ3n) is 1.64. The second kappa shape index (κ2) is 5.11. The van der Waals surface area contributed by atoms with Crippen molar-refractivity contribution in [3.63, 3.8) is 0 Å². The molecule has 0 bridgehead atoms. The van der Waals surface area contributed by atoms with Gasteiger partial charge in [0, 0.05) is 6.42 Å². The maximum Gasteiger partial charge on any atom is 0.487 e. The lowest BCUT2D eigenvalue weighted by Gasteiger charge is -2.22. The Morgan fingerprint density at radius 3 is 2.38 bits per heavy atom. The van der Waals surface area contributed by atoms with Gasteiger partial charge in [0.2, 0.25) is 0 Å². The molecule has 0 rings (SSSR count). The molecule has 0 spiro atoms. The minimum atomic E-state index is -4.99. The van der Waals surface area contributed by atoms with Gasteiger partial charge in [-0.1, -0.05) is 0 Å². The molecule has 0 aromatic rings. The number of quaternary nitrogens is 1. The first-order valence-corrected chi connectivity index (χ1v) is 4.06. The number of esters is 1. The van der Waals surface area contributed by atoms with Gasteiger partial charge < -0.3 is 23.4 Å². The van der Waals surface area contributed by atoms with Crippen LogP contribution in [0.15, 0.2) is 0 Å². The van der Waals surface area contributed by atoms with Crippen LogP contribution in [0.2, 0.25) is 5.82 Å². The van der Waals surface area contributed by atoms with Crippen LogP contribution in [0.5, 0.6) is 0 Å². The second-order valence-corrected chi connectivity index (χ2v) is 2.68. The van der Waals surface area contributed by atoms with Gasteiger partial charge in [-0.3, -0.25) is 4.79 Å². The van der Waals surface area contributed by atoms with Crippen molar-refractivity contribution < 1.29 is 28.2 Å². The van der Waals surface area contributed by atoms with Gasteiger partial charge in [0.1, 0.15) is 0 Å². The molecule has 0 saturated heterocycles. The van der Waals surface area contributed by atoms with E-state index in [4.69, 9.17) is 0 Å². The van der Waals surface area contributed by atoms with Crippen molar-refractivity contribution >= 4 is 12.9 Å². The zero-order valence-corrected chi connectivity index (χ0v) is 7.43. The van der Waals surface area contributed by atoms with E-state index in [0.717, 1.165) is 0 Å². The van der Waals surface area contributed by atoms with Crippen LogP contribution in [-0.4, -0.2) is 26.1 Å². The van der Waals surface area contributed by atoms with Crippen molar-refractivity contribution in [2.45, 2.75) is 19.2 Å². The van der Waals surface area contributed by atoms with Crippen LogP contribution < -0.4 is 5.73 Å². The summed E-state index contributed by atoms with van der Waals surface area (Å²) < 4.78 is 40.8. The number of hydrogen-bond acceptors (Lipinski definition) is 2. The van der Waals surface area contributed by atoms with Gasteiger partial charge >= 0.3 is 12.9 Å². The summed E-state index contributed by atoms with van der Waals surface area (Å²) in [6, 6.07) is 0. The minimum Gasteiger partial charge on any atom is -0.466 e. The lowest BCUT2D eigenvalue weighted by molar-refractivity contribution is -0.369. The summed E-state index contributed by atoms with van der Waals surface area (Å²) in [6.45, 7) is -3.65. The van der Waals surface area contributed by atoms with Crippen LogP contribution in [0.4, 0.5) is 12.9 Å². The minimum absolute atomic E-state index is 0.105. The molecule has 3 N–H and O–H groups in total. The molecule has 0 radical (unpaired) electrons. The van der Waals surface area contributed by atoms with E-state index < -0.39 is 25.2 Å². The molecule has 78 valence electrons. The number of carbonyl (C=O) groups is 1. The molecule has 7 heteroatoms. The van der Waals surface area contributed by atoms with Crippen molar-refractivity contribution in [1.29, 1.82) is 0 Å². The molecular formula is C6H13BF3NO2. The van der Waals surface area contributed by atoms with E-state index in [-0.39, 0.29) is 13.2 Å². The van der Waals surface area contributed by atoms with Crippen LogP contribution in [-0.2, 0) is 9.53 Å². The molecule has 1 atom stereocenters. The molecule has 0 aliphatic rings. The average Bonchev–Trinajstić information content (AvgIpc) is 1.98. The maximum atomic E-state index is 12.1. The SMILES string of the molecule is CCOC(=O)CC(C[NH3+])[B-](F)(F)F. The fourth-order valence-corrected chi connectivity index (χ4v) is 0.859. The number of hydrogen-bond donors (Lipinski definition) is 1. The molecule has 0 fully saturated rings. The Morgan fingerprint density at radius 1 is 1.54 bits per heavy atom. The van der Waals surface area contributed by atoms with Gasteiger partial charge in [-0.05, 0) is 12.7 Å². The maximum absolute atomic E-state index is 12.1. The van der Waals surface area contributed by atoms with Gasteiger partial charge in [0.25, 0.3) is 0 Å². The summed E-state index contributed by atoms with van der Waals surface area (Å²) in [5, 5.41) is 0. The zero-order chi connectivity index (χ0) is 10.5. The summed E-state index contributed by atoms with van der Waals surface area (Å²) in [7, 11) is 0. The van der Waals surface area contributed by atoms with E-state index in [0.29, 0.717) is 0 Å². The highest BCUT2D eigenvalue weighted by molar-refractivity contribution is 6.60. The molecule has 13 heavy (non-hydrogen) atoms. The van der Waals surface area contributed by atoms with E-state index in [1.54, 1.807) is 6.92 Å². The van der Waals surface area contributed by atoms with Gasteiger partial charge in [-0.2, -0.15) is 0 Å². The molecular weight excluding hydrogens is 186 g/mol. The molecule has 0 saturated carbocycles. The Kier molecular flexibility index (Phi) is 4.83. The van der Waals surface area contributed by atoms with E-state index >= 15 is 0 Å². The molecule has 0 aromatic heterocycles. The summed E-state index contributed by atoms with van der Waals surface area (Å²) in [5.41, 5.74) is 3.15. The van der Waals surface area contributed by atoms with E-state index in [9.17, 15) is 17.7 Å². The molecule has 0 aromatic carbocycles. The first kappa shape index (κ1) is 12.3. The van der Waals surface area contributed by atoms with Crippen LogP contribution in [0.1, 0.15) is 13.3 Å². The Morgan fingerprint density at radius 2 is 2.08 bits per heavy atom. The average molecular weight is 199 g/mol. The van der Waals surface area contributed by atoms with Gasteiger partial charge in [0.05, 0.1) is 13.2 Å². The molecule has 0 aliphatic carbocycles. The summed E-state index contributed by atoms with van der Waals surface area (Å²) in [4.78, 5) is 10.7. The standard InChI is InChI=1S/C6H12BF3NO2/c1-2-13-6(12)3-5(4-11)7(8,9)10/h5H,2-4,11H2,1H3/q-1/p+1. The number of halogens is 3. The van der Waals surface area contributed by atoms with Crippen molar-refractivity contribution in [1.82, 2.24) is 0 Å². The predicted molar refractivity (Wildman–Crippen MR) is 41.8 cm³/mol. The second-order valence-electron chi connectivity index (χ2n) is 2.68. The fraction of sp³-hybridized carbons (Fsp3) is 0.833. The Labute approximate surface area is 74.5 Å². The largest absolute Gasteiger partial charge is 0.487 e. The van der Waals surface area contributed by atoms with Crippen molar-refractivity contribution in [3.8, 4) is 0 Å². The quantitative estimate of drug-likeness (QED) is 0.514. The van der Waals surface area contributed by atoms with Gasteiger partial charge in [-0.25, -0.2) is 0 Å². The third kappa shape index (κ3) is 4.77. The van der Waals surface area contributed by atoms with Crippen molar-refractivity contribution in [2.24, 2.45) is 0 Å². The Hall–Kier alpha value is -0.715. The number of carbonyl (C=O) groups excluding carboxylic acids is 1. The van der Waals surface area contributed by atoms with Crippen molar-refractivity contribution in [2.75, 3.05) is 13.2 Å². The smallest absolute Gasteiger partial charge is 0.466 e. The molecule has 0 aliphatic heterocycles. The predicted octanol–water partition coefficient (Wildman–Crippen LogP) is 0.399. The highest BCUT2D eigenvalue weighted by atomic mass is 19.4. The van der Waals surface area contributed by atoms with E-state index in [1.165, 1.54) is 0 Å². The Bertz CT molecular complexity index is 174. The molecule has 0 amide bonds. The first-order valence-electron chi connectivity index (χ1n) is 4.06. The number of rotatable bonds is 5. The highest BCUT2D eigenvalue weighted by Gasteiger charge is 2.36. The number of ether oxygens (including phenoxy) is 1. The van der Waals surface area contributed by atoms with E-state index in [1.807, 2.05) is 0 Å². The van der Waals surface area contributed by atoms with E-state index in [2.05, 4.69) is 10.5 Å². The lowest BCUT2D eigenvalue weighted by atomic mass is 9.71. The molecule has 1 unspecified atom stereocenters. The lowest BCUT2D eigenvalue weighted by Crippen LogP contribution is -2.55. The van der Waals surface area contributed by atoms with Crippen LogP contribution in [0, 0.1) is 0 Å². The van der Waals surface area contributed by atoms with Crippen LogP contribution in [0.25, 0.3) is 0 Å². The summed E-state index contributed by atoms with van der Waals surface area (Å²) in [6.07, 6.45) is -0.610. The molecule has 3 nitrogen and oxygen atoms in total. The monoisotopic (exact) mass is 199 g/mol. The Balaban J connectivity index is 4.06. The summed E-state index contributed by atoms with van der Waals surface area (Å²) in [5.74, 6) is -2.44. The van der Waals surface area contributed by atoms with Gasteiger partial charge in [-0.15, -0.1) is 0 Å². The zero-order valence-electron chi connectivity index (χ0n) is 7.43. The van der Waals surface area contributed by atoms with Crippen molar-refractivity contribution in [3.05, 3.63) is 0 Å². The fourth-order valence-electron chi connectivity index (χ4n) is 0.859. The van der Waals surface area contributed by atoms with Crippen LogP contribution in [0.3, 0.4) is 0 Å². The third-order valence-corrected chi connectivity index (χ3v) is 1.64. The highest BCUT2D eigenvalue weighted by Crippen LogP contribution is 2.28.